The van der Waals surface area contributed by atoms with E-state index in [1.165, 1.54) is 0 Å². The molecular formula is C22H32O3. The first-order valence-electron chi connectivity index (χ1n) is 9.01. The minimum Gasteiger partial charge on any atom is -0.513 e. The Balaban J connectivity index is 3.65. The van der Waals surface area contributed by atoms with Gasteiger partial charge in [-0.3, -0.25) is 4.79 Å². The van der Waals surface area contributed by atoms with Crippen LogP contribution < -0.4 is 0 Å². The second-order valence-corrected chi connectivity index (χ2v) is 5.53. The van der Waals surface area contributed by atoms with Crippen molar-refractivity contribution >= 4 is 5.97 Å². The van der Waals surface area contributed by atoms with Crippen molar-refractivity contribution in [3.05, 3.63) is 72.6 Å². The summed E-state index contributed by atoms with van der Waals surface area (Å²) in [4.78, 5) is 10.4. The molecule has 0 fully saturated rings. The highest BCUT2D eigenvalue weighted by molar-refractivity contribution is 5.66. The molecule has 0 aromatic heterocycles. The summed E-state index contributed by atoms with van der Waals surface area (Å²) >= 11 is 0. The van der Waals surface area contributed by atoms with Crippen LogP contribution in [0.25, 0.3) is 0 Å². The third-order valence-corrected chi connectivity index (χ3v) is 3.24. The number of aliphatic carboxylic acids is 1. The number of aliphatic hydroxyl groups excluding tert-OH is 1. The van der Waals surface area contributed by atoms with Gasteiger partial charge < -0.3 is 10.2 Å². The molecule has 0 saturated heterocycles. The molecule has 2 N–H and O–H groups in total. The standard InChI is InChI=1S/C22H32O3/c1-2-3-4-5-6-7-8-9-10-11-12-13-14-15-16-17-18-21(23)19-20-22(24)25/h3-4,6-7,9-10,12-13,15-16,18,23H,2,5,8,11,14,17,19-20H2,1H3,(H,24,25)/b4-3-,7-6-,10-9-,13-12-,16-15-,21-18-. The van der Waals surface area contributed by atoms with Gasteiger partial charge in [-0.1, -0.05) is 67.7 Å². The molecule has 3 heteroatoms. The maximum atomic E-state index is 10.4. The number of rotatable bonds is 14. The lowest BCUT2D eigenvalue weighted by Gasteiger charge is -1.95. The van der Waals surface area contributed by atoms with E-state index in [0.717, 1.165) is 32.1 Å². The van der Waals surface area contributed by atoms with Gasteiger partial charge in [-0.2, -0.15) is 0 Å². The molecule has 0 atom stereocenters. The number of hydrogen-bond donors (Lipinski definition) is 2. The van der Waals surface area contributed by atoms with Crippen LogP contribution in [0.2, 0.25) is 0 Å². The summed E-state index contributed by atoms with van der Waals surface area (Å²) in [6, 6.07) is 0. The average molecular weight is 344 g/mol. The number of carbonyl (C=O) groups is 1. The molecule has 0 unspecified atom stereocenters. The largest absolute Gasteiger partial charge is 0.513 e. The van der Waals surface area contributed by atoms with Gasteiger partial charge in [-0.15, -0.1) is 0 Å². The molecule has 138 valence electrons. The lowest BCUT2D eigenvalue weighted by Crippen LogP contribution is -1.95. The summed E-state index contributed by atoms with van der Waals surface area (Å²) in [5.41, 5.74) is 0. The lowest BCUT2D eigenvalue weighted by molar-refractivity contribution is -0.137. The highest BCUT2D eigenvalue weighted by Crippen LogP contribution is 2.03. The Labute approximate surface area is 152 Å². The van der Waals surface area contributed by atoms with E-state index in [1.54, 1.807) is 6.08 Å². The number of hydrogen-bond acceptors (Lipinski definition) is 2. The Morgan fingerprint density at radius 1 is 0.640 bits per heavy atom. The monoisotopic (exact) mass is 344 g/mol. The quantitative estimate of drug-likeness (QED) is 0.282. The van der Waals surface area contributed by atoms with Crippen molar-refractivity contribution in [1.82, 2.24) is 0 Å². The van der Waals surface area contributed by atoms with E-state index in [-0.39, 0.29) is 18.6 Å². The zero-order valence-corrected chi connectivity index (χ0v) is 15.3. The normalized spacial score (nSPS) is 13.4. The molecule has 0 spiro atoms. The zero-order chi connectivity index (χ0) is 18.6. The van der Waals surface area contributed by atoms with Crippen LogP contribution in [-0.2, 0) is 4.79 Å². The first-order chi connectivity index (χ1) is 12.2. The predicted molar refractivity (Wildman–Crippen MR) is 107 cm³/mol. The molecule has 0 aliphatic carbocycles. The van der Waals surface area contributed by atoms with Gasteiger partial charge in [0.25, 0.3) is 0 Å². The Morgan fingerprint density at radius 2 is 1.04 bits per heavy atom. The van der Waals surface area contributed by atoms with Gasteiger partial charge in [0.05, 0.1) is 12.2 Å². The molecule has 0 rings (SSSR count). The highest BCUT2D eigenvalue weighted by Gasteiger charge is 1.98. The second-order valence-electron chi connectivity index (χ2n) is 5.53. The number of allylic oxidation sites excluding steroid dienone is 12. The SMILES string of the molecule is CC/C=C\C/C=C\C/C=C\C/C=C\C/C=C\C/C=C(\O)CCC(=O)O. The van der Waals surface area contributed by atoms with Crippen molar-refractivity contribution in [3.63, 3.8) is 0 Å². The van der Waals surface area contributed by atoms with Crippen LogP contribution in [0.5, 0.6) is 0 Å². The van der Waals surface area contributed by atoms with Crippen molar-refractivity contribution in [2.24, 2.45) is 0 Å². The van der Waals surface area contributed by atoms with E-state index < -0.39 is 5.97 Å². The zero-order valence-electron chi connectivity index (χ0n) is 15.3. The fourth-order valence-electron chi connectivity index (χ4n) is 1.89. The van der Waals surface area contributed by atoms with Crippen molar-refractivity contribution in [3.8, 4) is 0 Å². The topological polar surface area (TPSA) is 57.5 Å². The molecule has 0 aromatic rings. The van der Waals surface area contributed by atoms with Gasteiger partial charge >= 0.3 is 5.97 Å². The van der Waals surface area contributed by atoms with E-state index >= 15 is 0 Å². The summed E-state index contributed by atoms with van der Waals surface area (Å²) in [6.45, 7) is 2.14. The van der Waals surface area contributed by atoms with Crippen LogP contribution >= 0.6 is 0 Å². The Morgan fingerprint density at radius 3 is 1.44 bits per heavy atom. The number of carboxylic acid groups (broad SMARTS) is 1. The van der Waals surface area contributed by atoms with Crippen molar-refractivity contribution < 1.29 is 15.0 Å². The van der Waals surface area contributed by atoms with E-state index in [1.807, 2.05) is 12.2 Å². The minimum absolute atomic E-state index is 0.0337. The summed E-state index contributed by atoms with van der Waals surface area (Å²) in [6.07, 6.45) is 28.6. The molecule has 0 amide bonds. The summed E-state index contributed by atoms with van der Waals surface area (Å²) in [5, 5.41) is 18.0. The van der Waals surface area contributed by atoms with Gasteiger partial charge in [0, 0.05) is 6.42 Å². The summed E-state index contributed by atoms with van der Waals surface area (Å²) < 4.78 is 0. The fourth-order valence-corrected chi connectivity index (χ4v) is 1.89. The molecule has 0 aliphatic rings. The Kier molecular flexibility index (Phi) is 16.4. The average Bonchev–Trinajstić information content (AvgIpc) is 2.59. The van der Waals surface area contributed by atoms with Crippen LogP contribution in [0.15, 0.2) is 72.6 Å². The molecule has 25 heavy (non-hydrogen) atoms. The van der Waals surface area contributed by atoms with E-state index in [0.29, 0.717) is 6.42 Å². The van der Waals surface area contributed by atoms with Crippen LogP contribution in [0, 0.1) is 0 Å². The summed E-state index contributed by atoms with van der Waals surface area (Å²) in [5.74, 6) is -0.752. The van der Waals surface area contributed by atoms with Gasteiger partial charge in [0.1, 0.15) is 0 Å². The van der Waals surface area contributed by atoms with Crippen LogP contribution in [-0.4, -0.2) is 16.2 Å². The van der Waals surface area contributed by atoms with Crippen LogP contribution in [0.3, 0.4) is 0 Å². The van der Waals surface area contributed by atoms with Gasteiger partial charge in [0.15, 0.2) is 0 Å². The number of carboxylic acids is 1. The summed E-state index contributed by atoms with van der Waals surface area (Å²) in [7, 11) is 0. The molecule has 0 bridgehead atoms. The fraction of sp³-hybridized carbons (Fsp3) is 0.409. The van der Waals surface area contributed by atoms with Crippen LogP contribution in [0.4, 0.5) is 0 Å². The lowest BCUT2D eigenvalue weighted by atomic mass is 10.2. The predicted octanol–water partition coefficient (Wildman–Crippen LogP) is 6.43. The molecule has 0 saturated carbocycles. The molecule has 0 heterocycles. The van der Waals surface area contributed by atoms with Crippen molar-refractivity contribution in [1.29, 1.82) is 0 Å². The van der Waals surface area contributed by atoms with Gasteiger partial charge in [-0.05, 0) is 44.6 Å². The molecule has 3 nitrogen and oxygen atoms in total. The molecule has 0 aliphatic heterocycles. The third kappa shape index (κ3) is 19.7. The smallest absolute Gasteiger partial charge is 0.303 e. The van der Waals surface area contributed by atoms with E-state index in [2.05, 4.69) is 55.5 Å². The van der Waals surface area contributed by atoms with E-state index in [9.17, 15) is 9.90 Å². The van der Waals surface area contributed by atoms with E-state index in [4.69, 9.17) is 5.11 Å². The minimum atomic E-state index is -0.894. The maximum absolute atomic E-state index is 10.4. The first-order valence-corrected chi connectivity index (χ1v) is 9.01. The van der Waals surface area contributed by atoms with Crippen molar-refractivity contribution in [2.75, 3.05) is 0 Å². The van der Waals surface area contributed by atoms with Gasteiger partial charge in [0.2, 0.25) is 0 Å². The molecular weight excluding hydrogens is 312 g/mol. The van der Waals surface area contributed by atoms with Crippen molar-refractivity contribution in [2.45, 2.75) is 58.3 Å². The highest BCUT2D eigenvalue weighted by atomic mass is 16.4. The van der Waals surface area contributed by atoms with Gasteiger partial charge in [-0.25, -0.2) is 0 Å². The first kappa shape index (κ1) is 22.7. The Bertz CT molecular complexity index is 505. The molecule has 0 radical (unpaired) electrons. The second kappa shape index (κ2) is 18.1. The maximum Gasteiger partial charge on any atom is 0.303 e. The third-order valence-electron chi connectivity index (χ3n) is 3.24. The Hall–Kier alpha value is -2.29. The van der Waals surface area contributed by atoms with Crippen LogP contribution in [0.1, 0.15) is 58.3 Å². The molecule has 0 aromatic carbocycles. The number of aliphatic hydroxyl groups is 1.